The number of carbonyl (C=O) groups is 1. The lowest BCUT2D eigenvalue weighted by Crippen LogP contribution is -2.12. The molecule has 0 atom stereocenters. The summed E-state index contributed by atoms with van der Waals surface area (Å²) in [4.78, 5) is 30.2. The smallest absolute Gasteiger partial charge is 0.345 e. The molecule has 9 heteroatoms. The van der Waals surface area contributed by atoms with Crippen LogP contribution in [0.1, 0.15) is 10.4 Å². The highest BCUT2D eigenvalue weighted by atomic mass is 32.1. The van der Waals surface area contributed by atoms with Gasteiger partial charge in [0, 0.05) is 17.6 Å². The summed E-state index contributed by atoms with van der Waals surface area (Å²) in [5.74, 6) is -0.407. The van der Waals surface area contributed by atoms with E-state index in [0.717, 1.165) is 17.5 Å². The number of aromatic hydroxyl groups is 1. The number of anilines is 1. The molecule has 0 fully saturated rings. The van der Waals surface area contributed by atoms with Crippen LogP contribution in [0, 0.1) is 10.1 Å². The van der Waals surface area contributed by atoms with Crippen LogP contribution in [-0.2, 0) is 0 Å². The van der Waals surface area contributed by atoms with Crippen LogP contribution in [0.4, 0.5) is 10.1 Å². The van der Waals surface area contributed by atoms with Gasteiger partial charge in [-0.05, 0) is 29.5 Å². The second-order valence-corrected chi connectivity index (χ2v) is 5.28. The Morgan fingerprint density at radius 2 is 2.14 bits per heavy atom. The molecule has 0 saturated carbocycles. The van der Waals surface area contributed by atoms with E-state index < -0.39 is 10.8 Å². The highest BCUT2D eigenvalue weighted by Crippen LogP contribution is 2.26. The molecule has 0 saturated heterocycles. The number of carbonyl (C=O) groups excluding carboxylic acids is 1. The van der Waals surface area contributed by atoms with E-state index in [0.29, 0.717) is 16.5 Å². The number of hydrogen-bond acceptors (Lipinski definition) is 7. The molecule has 3 aromatic rings. The van der Waals surface area contributed by atoms with Gasteiger partial charge in [-0.2, -0.15) is 0 Å². The number of phenolic OH excluding ortho intramolecular Hbond substituents is 1. The minimum absolute atomic E-state index is 0.0492. The lowest BCUT2D eigenvalue weighted by molar-refractivity contribution is -0.380. The summed E-state index contributed by atoms with van der Waals surface area (Å²) < 4.78 is 0. The molecule has 0 aliphatic heterocycles. The van der Waals surface area contributed by atoms with Crippen LogP contribution in [0.15, 0.2) is 36.7 Å². The van der Waals surface area contributed by atoms with Crippen molar-refractivity contribution >= 4 is 38.3 Å². The van der Waals surface area contributed by atoms with E-state index >= 15 is 0 Å². The largest absolute Gasteiger partial charge is 0.508 e. The number of fused-ring (bicyclic) bond motifs is 1. The highest BCUT2D eigenvalue weighted by Gasteiger charge is 2.16. The van der Waals surface area contributed by atoms with Crippen molar-refractivity contribution in [3.05, 3.63) is 52.3 Å². The fourth-order valence-electron chi connectivity index (χ4n) is 1.91. The van der Waals surface area contributed by atoms with Crippen molar-refractivity contribution in [1.82, 2.24) is 9.97 Å². The molecule has 2 N–H and O–H groups in total. The van der Waals surface area contributed by atoms with Gasteiger partial charge in [-0.15, -0.1) is 0 Å². The van der Waals surface area contributed by atoms with Crippen LogP contribution in [0.5, 0.6) is 5.75 Å². The molecule has 1 aromatic carbocycles. The first kappa shape index (κ1) is 13.9. The maximum atomic E-state index is 12.3. The summed E-state index contributed by atoms with van der Waals surface area (Å²) in [7, 11) is 0. The third-order valence-electron chi connectivity index (χ3n) is 2.86. The zero-order chi connectivity index (χ0) is 15.7. The number of benzene rings is 1. The Labute approximate surface area is 127 Å². The van der Waals surface area contributed by atoms with Gasteiger partial charge in [-0.25, -0.2) is 4.98 Å². The van der Waals surface area contributed by atoms with E-state index in [1.54, 1.807) is 6.07 Å². The molecule has 110 valence electrons. The maximum Gasteiger partial charge on any atom is 0.345 e. The lowest BCUT2D eigenvalue weighted by Gasteiger charge is -2.05. The fraction of sp³-hybridized carbons (Fsp3) is 0. The number of rotatable bonds is 3. The molecule has 2 aromatic heterocycles. The third-order valence-corrected chi connectivity index (χ3v) is 3.73. The van der Waals surface area contributed by atoms with Crippen LogP contribution in [0.2, 0.25) is 0 Å². The average Bonchev–Trinajstić information content (AvgIpc) is 2.95. The van der Waals surface area contributed by atoms with Gasteiger partial charge >= 0.3 is 5.00 Å². The Balaban J connectivity index is 1.93. The predicted octanol–water partition coefficient (Wildman–Crippen LogP) is 2.56. The summed E-state index contributed by atoms with van der Waals surface area (Å²) >= 11 is 0.774. The van der Waals surface area contributed by atoms with Gasteiger partial charge in [0.1, 0.15) is 11.9 Å². The van der Waals surface area contributed by atoms with Crippen LogP contribution < -0.4 is 5.32 Å². The minimum atomic E-state index is -0.571. The molecule has 0 unspecified atom stereocenters. The van der Waals surface area contributed by atoms with Crippen molar-refractivity contribution in [3.8, 4) is 5.75 Å². The number of nitrogens with zero attached hydrogens (tertiary/aromatic N) is 3. The zero-order valence-electron chi connectivity index (χ0n) is 10.9. The number of thiazole rings is 1. The quantitative estimate of drug-likeness (QED) is 0.566. The first-order chi connectivity index (χ1) is 10.5. The van der Waals surface area contributed by atoms with E-state index in [4.69, 9.17) is 0 Å². The van der Waals surface area contributed by atoms with Gasteiger partial charge in [0.25, 0.3) is 5.91 Å². The van der Waals surface area contributed by atoms with Gasteiger partial charge in [0.15, 0.2) is 5.13 Å². The van der Waals surface area contributed by atoms with Crippen LogP contribution in [0.25, 0.3) is 10.9 Å². The Kier molecular flexibility index (Phi) is 3.39. The minimum Gasteiger partial charge on any atom is -0.508 e. The molecule has 1 amide bonds. The van der Waals surface area contributed by atoms with Gasteiger partial charge in [0.05, 0.1) is 16.0 Å². The molecule has 8 nitrogen and oxygen atoms in total. The summed E-state index contributed by atoms with van der Waals surface area (Å²) in [6.07, 6.45) is 2.53. The summed E-state index contributed by atoms with van der Waals surface area (Å²) in [6.45, 7) is 0. The SMILES string of the molecule is O=C(Nc1ncc([N+](=O)[O-])s1)c1ccnc2cc(O)ccc12. The second-order valence-electron chi connectivity index (χ2n) is 4.27. The molecular weight excluding hydrogens is 308 g/mol. The summed E-state index contributed by atoms with van der Waals surface area (Å²) in [5, 5.41) is 23.1. The molecule has 0 aliphatic rings. The topological polar surface area (TPSA) is 118 Å². The normalized spacial score (nSPS) is 10.5. The van der Waals surface area contributed by atoms with E-state index in [1.165, 1.54) is 24.4 Å². The van der Waals surface area contributed by atoms with Crippen molar-refractivity contribution < 1.29 is 14.8 Å². The Morgan fingerprint density at radius 1 is 1.32 bits per heavy atom. The number of hydrogen-bond donors (Lipinski definition) is 2. The molecule has 3 rings (SSSR count). The van der Waals surface area contributed by atoms with E-state index in [9.17, 15) is 20.0 Å². The summed E-state index contributed by atoms with van der Waals surface area (Å²) in [5.41, 5.74) is 0.806. The number of nitro groups is 1. The van der Waals surface area contributed by atoms with E-state index in [-0.39, 0.29) is 15.9 Å². The van der Waals surface area contributed by atoms with Crippen LogP contribution in [0.3, 0.4) is 0 Å². The van der Waals surface area contributed by atoms with Gasteiger partial charge in [-0.3, -0.25) is 25.2 Å². The molecule has 0 radical (unpaired) electrons. The number of aromatic nitrogens is 2. The first-order valence-corrected chi connectivity index (χ1v) is 6.85. The van der Waals surface area contributed by atoms with Crippen molar-refractivity contribution in [3.63, 3.8) is 0 Å². The Morgan fingerprint density at radius 3 is 2.86 bits per heavy atom. The van der Waals surface area contributed by atoms with Gasteiger partial charge in [0.2, 0.25) is 0 Å². The number of nitrogens with one attached hydrogen (secondary N) is 1. The molecule has 0 aliphatic carbocycles. The van der Waals surface area contributed by atoms with Crippen LogP contribution in [-0.4, -0.2) is 25.9 Å². The Bertz CT molecular complexity index is 893. The predicted molar refractivity (Wildman–Crippen MR) is 80.1 cm³/mol. The lowest BCUT2D eigenvalue weighted by atomic mass is 10.1. The third kappa shape index (κ3) is 2.56. The van der Waals surface area contributed by atoms with Crippen molar-refractivity contribution in [2.75, 3.05) is 5.32 Å². The number of phenols is 1. The molecule has 2 heterocycles. The fourth-order valence-corrected chi connectivity index (χ4v) is 2.53. The monoisotopic (exact) mass is 316 g/mol. The maximum absolute atomic E-state index is 12.3. The van der Waals surface area contributed by atoms with Crippen molar-refractivity contribution in [2.45, 2.75) is 0 Å². The van der Waals surface area contributed by atoms with Gasteiger partial charge in [-0.1, -0.05) is 0 Å². The van der Waals surface area contributed by atoms with E-state index in [2.05, 4.69) is 15.3 Å². The molecule has 22 heavy (non-hydrogen) atoms. The van der Waals surface area contributed by atoms with E-state index in [1.807, 2.05) is 0 Å². The summed E-state index contributed by atoms with van der Waals surface area (Å²) in [6, 6.07) is 6.00. The molecule has 0 spiro atoms. The standard InChI is InChI=1S/C13H8N4O4S/c18-7-1-2-8-9(3-4-14-10(8)5-7)12(19)16-13-15-6-11(22-13)17(20)21/h1-6,18H,(H,15,16,19). The molecular formula is C13H8N4O4S. The number of pyridine rings is 1. The molecule has 0 bridgehead atoms. The Hall–Kier alpha value is -3.07. The highest BCUT2D eigenvalue weighted by molar-refractivity contribution is 7.18. The number of amides is 1. The zero-order valence-corrected chi connectivity index (χ0v) is 11.7. The second kappa shape index (κ2) is 5.37. The van der Waals surface area contributed by atoms with Crippen molar-refractivity contribution in [1.29, 1.82) is 0 Å². The first-order valence-electron chi connectivity index (χ1n) is 6.04. The average molecular weight is 316 g/mol. The van der Waals surface area contributed by atoms with Crippen molar-refractivity contribution in [2.24, 2.45) is 0 Å². The van der Waals surface area contributed by atoms with Gasteiger partial charge < -0.3 is 5.11 Å². The van der Waals surface area contributed by atoms with Crippen LogP contribution >= 0.6 is 11.3 Å².